The lowest BCUT2D eigenvalue weighted by Crippen LogP contribution is -2.43. The van der Waals surface area contributed by atoms with Gasteiger partial charge in [0.15, 0.2) is 0 Å². The van der Waals surface area contributed by atoms with Crippen molar-refractivity contribution in [3.8, 4) is 0 Å². The normalized spacial score (nSPS) is 25.1. The lowest BCUT2D eigenvalue weighted by molar-refractivity contribution is -0.0433. The van der Waals surface area contributed by atoms with Crippen LogP contribution in [0.25, 0.3) is 0 Å². The molecule has 1 saturated carbocycles. The zero-order valence-corrected chi connectivity index (χ0v) is 13.4. The highest BCUT2D eigenvalue weighted by Gasteiger charge is 2.39. The first-order chi connectivity index (χ1) is 11.1. The summed E-state index contributed by atoms with van der Waals surface area (Å²) in [7, 11) is 0. The molecule has 2 aliphatic rings. The third kappa shape index (κ3) is 4.38. The van der Waals surface area contributed by atoms with Crippen LogP contribution in [0.2, 0.25) is 0 Å². The molecular formula is C17H25F2N3O. The molecule has 1 aromatic rings. The number of pyridine rings is 1. The van der Waals surface area contributed by atoms with E-state index >= 15 is 0 Å². The van der Waals surface area contributed by atoms with E-state index in [-0.39, 0.29) is 6.42 Å². The van der Waals surface area contributed by atoms with Crippen molar-refractivity contribution < 1.29 is 13.5 Å². The van der Waals surface area contributed by atoms with Crippen molar-refractivity contribution in [2.24, 2.45) is 0 Å². The number of nitrogens with one attached hydrogen (secondary N) is 1. The molecule has 6 heteroatoms. The minimum Gasteiger partial charge on any atom is -0.378 e. The molecule has 0 spiro atoms. The van der Waals surface area contributed by atoms with E-state index in [9.17, 15) is 8.78 Å². The van der Waals surface area contributed by atoms with Gasteiger partial charge in [-0.25, -0.2) is 13.8 Å². The van der Waals surface area contributed by atoms with Gasteiger partial charge in [-0.2, -0.15) is 0 Å². The summed E-state index contributed by atoms with van der Waals surface area (Å²) in [5.74, 6) is -1.67. The topological polar surface area (TPSA) is 37.4 Å². The summed E-state index contributed by atoms with van der Waals surface area (Å²) in [6.07, 6.45) is 4.74. The molecular weight excluding hydrogens is 300 g/mol. The summed E-state index contributed by atoms with van der Waals surface area (Å²) in [6.45, 7) is 3.58. The molecule has 1 aromatic heterocycles. The van der Waals surface area contributed by atoms with Gasteiger partial charge in [-0.05, 0) is 24.5 Å². The summed E-state index contributed by atoms with van der Waals surface area (Å²) in [6, 6.07) is 3.22. The Morgan fingerprint density at radius 3 is 2.78 bits per heavy atom. The molecule has 128 valence electrons. The fourth-order valence-corrected chi connectivity index (χ4v) is 3.26. The minimum atomic E-state index is -2.60. The molecule has 1 aliphatic heterocycles. The Morgan fingerprint density at radius 1 is 1.22 bits per heavy atom. The lowest BCUT2D eigenvalue weighted by atomic mass is 10.0. The van der Waals surface area contributed by atoms with Gasteiger partial charge >= 0.3 is 0 Å². The van der Waals surface area contributed by atoms with Gasteiger partial charge < -0.3 is 15.0 Å². The maximum absolute atomic E-state index is 14.0. The molecule has 0 amide bonds. The molecule has 2 fully saturated rings. The predicted molar refractivity (Wildman–Crippen MR) is 85.9 cm³/mol. The van der Waals surface area contributed by atoms with Gasteiger partial charge in [-0.1, -0.05) is 18.9 Å². The Bertz CT molecular complexity index is 489. The standard InChI is InChI=1S/C17H25F2N3O/c18-17(19)7-3-1-2-4-15(17)20-12-14-5-6-16(21-13-14)22-8-10-23-11-9-22/h5-6,13,15,20H,1-4,7-12H2. The van der Waals surface area contributed by atoms with Crippen LogP contribution in [0.5, 0.6) is 0 Å². The third-order valence-corrected chi connectivity index (χ3v) is 4.71. The second-order valence-corrected chi connectivity index (χ2v) is 6.42. The molecule has 0 bridgehead atoms. The van der Waals surface area contributed by atoms with Gasteiger partial charge in [0.1, 0.15) is 5.82 Å². The number of halogens is 2. The number of hydrogen-bond acceptors (Lipinski definition) is 4. The number of nitrogens with zero attached hydrogens (tertiary/aromatic N) is 2. The average molecular weight is 325 g/mol. The summed E-state index contributed by atoms with van der Waals surface area (Å²) in [5, 5.41) is 3.04. The smallest absolute Gasteiger partial charge is 0.263 e. The van der Waals surface area contributed by atoms with Crippen molar-refractivity contribution in [2.75, 3.05) is 31.2 Å². The van der Waals surface area contributed by atoms with Crippen molar-refractivity contribution >= 4 is 5.82 Å². The van der Waals surface area contributed by atoms with Gasteiger partial charge in [-0.15, -0.1) is 0 Å². The molecule has 1 unspecified atom stereocenters. The Kier molecular flexibility index (Phi) is 5.43. The van der Waals surface area contributed by atoms with Crippen LogP contribution in [0.4, 0.5) is 14.6 Å². The van der Waals surface area contributed by atoms with Gasteiger partial charge in [0.2, 0.25) is 0 Å². The molecule has 23 heavy (non-hydrogen) atoms. The Hall–Kier alpha value is -1.27. The largest absolute Gasteiger partial charge is 0.378 e. The number of ether oxygens (including phenoxy) is 1. The summed E-state index contributed by atoms with van der Waals surface area (Å²) in [4.78, 5) is 6.64. The molecule has 1 aliphatic carbocycles. The Balaban J connectivity index is 1.55. The van der Waals surface area contributed by atoms with Crippen molar-refractivity contribution in [3.05, 3.63) is 23.9 Å². The van der Waals surface area contributed by atoms with Crippen LogP contribution < -0.4 is 10.2 Å². The zero-order valence-electron chi connectivity index (χ0n) is 13.4. The molecule has 1 N–H and O–H groups in total. The SMILES string of the molecule is FC1(F)CCCCCC1NCc1ccc(N2CCOCC2)nc1. The lowest BCUT2D eigenvalue weighted by Gasteiger charge is -2.28. The van der Waals surface area contributed by atoms with Crippen LogP contribution in [0, 0.1) is 0 Å². The van der Waals surface area contributed by atoms with Crippen LogP contribution in [0.1, 0.15) is 37.7 Å². The molecule has 3 rings (SSSR count). The van der Waals surface area contributed by atoms with E-state index in [0.717, 1.165) is 50.5 Å². The van der Waals surface area contributed by atoms with E-state index in [1.165, 1.54) is 0 Å². The first kappa shape index (κ1) is 16.6. The van der Waals surface area contributed by atoms with Gasteiger partial charge in [0.25, 0.3) is 5.92 Å². The first-order valence-electron chi connectivity index (χ1n) is 8.54. The van der Waals surface area contributed by atoms with Crippen LogP contribution in [0.15, 0.2) is 18.3 Å². The fourth-order valence-electron chi connectivity index (χ4n) is 3.26. The van der Waals surface area contributed by atoms with E-state index in [1.54, 1.807) is 6.20 Å². The predicted octanol–water partition coefficient (Wildman–Crippen LogP) is 2.98. The number of rotatable bonds is 4. The van der Waals surface area contributed by atoms with Crippen LogP contribution in [0.3, 0.4) is 0 Å². The number of hydrogen-bond donors (Lipinski definition) is 1. The molecule has 0 radical (unpaired) electrons. The second kappa shape index (κ2) is 7.53. The van der Waals surface area contributed by atoms with Crippen LogP contribution >= 0.6 is 0 Å². The quantitative estimate of drug-likeness (QED) is 0.864. The highest BCUT2D eigenvalue weighted by atomic mass is 19.3. The minimum absolute atomic E-state index is 0.00111. The third-order valence-electron chi connectivity index (χ3n) is 4.71. The summed E-state index contributed by atoms with van der Waals surface area (Å²) in [5.41, 5.74) is 0.946. The Morgan fingerprint density at radius 2 is 2.04 bits per heavy atom. The Labute approximate surface area is 136 Å². The fraction of sp³-hybridized carbons (Fsp3) is 0.706. The maximum atomic E-state index is 14.0. The van der Waals surface area contributed by atoms with E-state index in [1.807, 2.05) is 12.1 Å². The molecule has 4 nitrogen and oxygen atoms in total. The summed E-state index contributed by atoms with van der Waals surface area (Å²) < 4.78 is 33.4. The van der Waals surface area contributed by atoms with Gasteiger partial charge in [0, 0.05) is 32.3 Å². The van der Waals surface area contributed by atoms with E-state index in [0.29, 0.717) is 19.4 Å². The first-order valence-corrected chi connectivity index (χ1v) is 8.54. The number of anilines is 1. The van der Waals surface area contributed by atoms with E-state index in [4.69, 9.17) is 4.74 Å². The molecule has 2 heterocycles. The highest BCUT2D eigenvalue weighted by Crippen LogP contribution is 2.32. The van der Waals surface area contributed by atoms with E-state index < -0.39 is 12.0 Å². The number of morpholine rings is 1. The maximum Gasteiger partial charge on any atom is 0.263 e. The van der Waals surface area contributed by atoms with Crippen molar-refractivity contribution in [3.63, 3.8) is 0 Å². The van der Waals surface area contributed by atoms with Crippen molar-refractivity contribution in [2.45, 2.75) is 50.6 Å². The van der Waals surface area contributed by atoms with Crippen molar-refractivity contribution in [1.29, 1.82) is 0 Å². The summed E-state index contributed by atoms with van der Waals surface area (Å²) >= 11 is 0. The van der Waals surface area contributed by atoms with Crippen LogP contribution in [-0.4, -0.2) is 43.3 Å². The molecule has 0 aromatic carbocycles. The van der Waals surface area contributed by atoms with Gasteiger partial charge in [-0.3, -0.25) is 0 Å². The van der Waals surface area contributed by atoms with Crippen molar-refractivity contribution in [1.82, 2.24) is 10.3 Å². The highest BCUT2D eigenvalue weighted by molar-refractivity contribution is 5.39. The van der Waals surface area contributed by atoms with Gasteiger partial charge in [0.05, 0.1) is 19.3 Å². The second-order valence-electron chi connectivity index (χ2n) is 6.42. The van der Waals surface area contributed by atoms with Crippen LogP contribution in [-0.2, 0) is 11.3 Å². The zero-order chi connectivity index (χ0) is 16.1. The number of alkyl halides is 2. The number of aromatic nitrogens is 1. The monoisotopic (exact) mass is 325 g/mol. The molecule has 1 atom stereocenters. The molecule has 1 saturated heterocycles. The average Bonchev–Trinajstić information content (AvgIpc) is 2.75. The van der Waals surface area contributed by atoms with E-state index in [2.05, 4.69) is 15.2 Å².